The van der Waals surface area contributed by atoms with Crippen LogP contribution in [-0.2, 0) is 9.59 Å². The Hall–Kier alpha value is -4.81. The highest BCUT2D eigenvalue weighted by Crippen LogP contribution is 2.52. The van der Waals surface area contributed by atoms with Crippen molar-refractivity contribution >= 4 is 34.1 Å². The van der Waals surface area contributed by atoms with Crippen LogP contribution in [0, 0.1) is 22.5 Å². The van der Waals surface area contributed by atoms with Crippen LogP contribution in [0.5, 0.6) is 23.0 Å². The number of nitrogens with zero attached hydrogens (tertiary/aromatic N) is 2. The molecule has 1 aliphatic heterocycles. The fourth-order valence-electron chi connectivity index (χ4n) is 6.33. The number of β-amino-alcohol motifs (C(OH)–C–C–N with tert-alkyl or cyclic N) is 1. The number of anilines is 2. The number of amides is 2. The van der Waals surface area contributed by atoms with Gasteiger partial charge < -0.3 is 30.0 Å². The van der Waals surface area contributed by atoms with Crippen molar-refractivity contribution in [1.82, 2.24) is 9.88 Å². The van der Waals surface area contributed by atoms with E-state index in [2.05, 4.69) is 20.5 Å². The van der Waals surface area contributed by atoms with Gasteiger partial charge in [0.25, 0.3) is 0 Å². The molecule has 1 atom stereocenters. The third-order valence-electron chi connectivity index (χ3n) is 9.56. The lowest BCUT2D eigenvalue weighted by Crippen LogP contribution is -2.35. The van der Waals surface area contributed by atoms with Crippen LogP contribution in [0.15, 0.2) is 66.9 Å². The van der Waals surface area contributed by atoms with E-state index in [9.17, 15) is 19.1 Å². The molecule has 2 amide bonds. The summed E-state index contributed by atoms with van der Waals surface area (Å²) in [6.07, 6.45) is 5.00. The summed E-state index contributed by atoms with van der Waals surface area (Å²) in [7, 11) is 1.54. The Morgan fingerprint density at radius 2 is 1.65 bits per heavy atom. The first-order valence-corrected chi connectivity index (χ1v) is 16.0. The van der Waals surface area contributed by atoms with Gasteiger partial charge in [-0.3, -0.25) is 19.5 Å². The fourth-order valence-corrected chi connectivity index (χ4v) is 6.33. The minimum atomic E-state index is -1.28. The second-order valence-corrected chi connectivity index (χ2v) is 12.9. The number of pyridine rings is 1. The second-order valence-electron chi connectivity index (χ2n) is 12.9. The zero-order chi connectivity index (χ0) is 33.5. The number of aliphatic hydroxyl groups excluding tert-OH is 1. The van der Waals surface area contributed by atoms with Crippen LogP contribution in [0.1, 0.15) is 32.1 Å². The molecule has 2 heterocycles. The van der Waals surface area contributed by atoms with Gasteiger partial charge in [-0.1, -0.05) is 0 Å². The first kappa shape index (κ1) is 31.8. The zero-order valence-corrected chi connectivity index (χ0v) is 26.4. The Balaban J connectivity index is 0.984. The van der Waals surface area contributed by atoms with Gasteiger partial charge in [0.1, 0.15) is 17.0 Å². The summed E-state index contributed by atoms with van der Waals surface area (Å²) in [5, 5.41) is 16.2. The maximum absolute atomic E-state index is 15.3. The van der Waals surface area contributed by atoms with Gasteiger partial charge in [0.2, 0.25) is 11.8 Å². The van der Waals surface area contributed by atoms with E-state index in [1.165, 1.54) is 43.5 Å². The standard InChI is InChI=1S/C36H36F2N4O6/c1-46-30-18-25-27(19-31(30)47-16-2-15-42-20-32(43)35(21-42)10-11-35)39-14-9-28(25)48-29-8-7-24(17-26(29)38)41-34(45)36(12-13-36)33(44)40-23-5-3-22(37)4-6-23/h3-9,14,17-19,32,43H,2,10-13,15-16,20-21H2,1H3,(H,40,44)(H,41,45). The van der Waals surface area contributed by atoms with Gasteiger partial charge in [0.15, 0.2) is 23.1 Å². The van der Waals surface area contributed by atoms with Crippen LogP contribution in [0.2, 0.25) is 0 Å². The van der Waals surface area contributed by atoms with Crippen molar-refractivity contribution in [2.75, 3.05) is 44.0 Å². The maximum Gasteiger partial charge on any atom is 0.240 e. The van der Waals surface area contributed by atoms with E-state index in [0.717, 1.165) is 38.4 Å². The van der Waals surface area contributed by atoms with Gasteiger partial charge in [-0.15, -0.1) is 0 Å². The lowest BCUT2D eigenvalue weighted by Gasteiger charge is -2.17. The number of aromatic nitrogens is 1. The number of rotatable bonds is 12. The number of hydrogen-bond donors (Lipinski definition) is 3. The number of aliphatic hydroxyl groups is 1. The van der Waals surface area contributed by atoms with Crippen LogP contribution >= 0.6 is 0 Å². The molecule has 4 aromatic rings. The molecule has 2 saturated carbocycles. The molecule has 12 heteroatoms. The molecular weight excluding hydrogens is 622 g/mol. The SMILES string of the molecule is COc1cc2c(Oc3ccc(NC(=O)C4(C(=O)Nc5ccc(F)cc5)CC4)cc3F)ccnc2cc1OCCCN1CC(O)C2(CC2)C1. The van der Waals surface area contributed by atoms with Crippen molar-refractivity contribution in [2.45, 2.75) is 38.2 Å². The van der Waals surface area contributed by atoms with Gasteiger partial charge in [-0.2, -0.15) is 0 Å². The number of hydrogen-bond acceptors (Lipinski definition) is 8. The number of halogens is 2. The monoisotopic (exact) mass is 658 g/mol. The van der Waals surface area contributed by atoms with Gasteiger partial charge in [0, 0.05) is 60.1 Å². The van der Waals surface area contributed by atoms with Crippen molar-refractivity contribution in [1.29, 1.82) is 0 Å². The molecule has 1 spiro atoms. The lowest BCUT2D eigenvalue weighted by molar-refractivity contribution is -0.131. The largest absolute Gasteiger partial charge is 0.493 e. The van der Waals surface area contributed by atoms with Crippen molar-refractivity contribution < 1.29 is 37.7 Å². The van der Waals surface area contributed by atoms with Crippen LogP contribution in [0.3, 0.4) is 0 Å². The minimum absolute atomic E-state index is 0.0741. The summed E-state index contributed by atoms with van der Waals surface area (Å²) in [5.74, 6) is -0.942. The van der Waals surface area contributed by atoms with Gasteiger partial charge in [0.05, 0.1) is 25.3 Å². The summed E-state index contributed by atoms with van der Waals surface area (Å²) >= 11 is 0. The molecule has 1 aromatic heterocycles. The predicted molar refractivity (Wildman–Crippen MR) is 174 cm³/mol. The molecule has 1 unspecified atom stereocenters. The van der Waals surface area contributed by atoms with Crippen LogP contribution in [-0.4, -0.2) is 66.3 Å². The second kappa shape index (κ2) is 12.7. The summed E-state index contributed by atoms with van der Waals surface area (Å²) in [6.45, 7) is 2.96. The third kappa shape index (κ3) is 6.37. The van der Waals surface area contributed by atoms with Crippen LogP contribution in [0.25, 0.3) is 10.9 Å². The van der Waals surface area contributed by atoms with E-state index in [0.29, 0.717) is 59.8 Å². The minimum Gasteiger partial charge on any atom is -0.493 e. The molecular formula is C36H36F2N4O6. The number of ether oxygens (including phenoxy) is 3. The molecule has 10 nitrogen and oxygen atoms in total. The highest BCUT2D eigenvalue weighted by atomic mass is 19.1. The molecule has 1 saturated heterocycles. The summed E-state index contributed by atoms with van der Waals surface area (Å²) < 4.78 is 46.1. The summed E-state index contributed by atoms with van der Waals surface area (Å²) in [4.78, 5) is 32.7. The number of carbonyl (C=O) groups excluding carboxylic acids is 2. The number of fused-ring (bicyclic) bond motifs is 1. The Kier molecular flexibility index (Phi) is 8.38. The molecule has 7 rings (SSSR count). The quantitative estimate of drug-likeness (QED) is 0.127. The molecule has 3 aromatic carbocycles. The molecule has 0 bridgehead atoms. The average Bonchev–Trinajstić information content (AvgIpc) is 4.00. The first-order chi connectivity index (χ1) is 23.2. The molecule has 3 aliphatic rings. The Morgan fingerprint density at radius 1 is 0.917 bits per heavy atom. The highest BCUT2D eigenvalue weighted by molar-refractivity contribution is 6.16. The normalized spacial score (nSPS) is 18.8. The van der Waals surface area contributed by atoms with Crippen molar-refractivity contribution in [3.05, 3.63) is 78.5 Å². The van der Waals surface area contributed by atoms with Gasteiger partial charge in [-0.05, 0) is 80.6 Å². The van der Waals surface area contributed by atoms with Crippen molar-refractivity contribution in [3.63, 3.8) is 0 Å². The van der Waals surface area contributed by atoms with Gasteiger partial charge in [-0.25, -0.2) is 8.78 Å². The van der Waals surface area contributed by atoms with E-state index in [4.69, 9.17) is 14.2 Å². The van der Waals surface area contributed by atoms with E-state index in [-0.39, 0.29) is 23.0 Å². The highest BCUT2D eigenvalue weighted by Gasteiger charge is 2.56. The Bertz CT molecular complexity index is 1860. The third-order valence-corrected chi connectivity index (χ3v) is 9.56. The van der Waals surface area contributed by atoms with Crippen molar-refractivity contribution in [3.8, 4) is 23.0 Å². The topological polar surface area (TPSA) is 122 Å². The van der Waals surface area contributed by atoms with E-state index >= 15 is 4.39 Å². The lowest BCUT2D eigenvalue weighted by atomic mass is 10.0. The molecule has 2 aliphatic carbocycles. The number of carbonyl (C=O) groups is 2. The zero-order valence-electron chi connectivity index (χ0n) is 26.4. The van der Waals surface area contributed by atoms with Crippen LogP contribution in [0.4, 0.5) is 20.2 Å². The summed E-state index contributed by atoms with van der Waals surface area (Å²) in [6, 6.07) is 14.4. The number of likely N-dealkylation sites (tertiary alicyclic amines) is 1. The predicted octanol–water partition coefficient (Wildman–Crippen LogP) is 5.90. The maximum atomic E-state index is 15.3. The Labute approximate surface area is 276 Å². The molecule has 48 heavy (non-hydrogen) atoms. The molecule has 250 valence electrons. The summed E-state index contributed by atoms with van der Waals surface area (Å²) in [5.41, 5.74) is -0.0449. The van der Waals surface area contributed by atoms with E-state index in [1.54, 1.807) is 24.4 Å². The number of methoxy groups -OCH3 is 1. The molecule has 0 radical (unpaired) electrons. The molecule has 3 N–H and O–H groups in total. The van der Waals surface area contributed by atoms with E-state index in [1.807, 2.05) is 0 Å². The average molecular weight is 659 g/mol. The van der Waals surface area contributed by atoms with Crippen molar-refractivity contribution in [2.24, 2.45) is 10.8 Å². The smallest absolute Gasteiger partial charge is 0.240 e. The molecule has 3 fully saturated rings. The first-order valence-electron chi connectivity index (χ1n) is 16.0. The Morgan fingerprint density at radius 3 is 2.31 bits per heavy atom. The number of nitrogens with one attached hydrogen (secondary N) is 2. The number of benzene rings is 3. The van der Waals surface area contributed by atoms with Gasteiger partial charge >= 0.3 is 0 Å². The van der Waals surface area contributed by atoms with E-state index < -0.39 is 28.9 Å². The fraction of sp³-hybridized carbons (Fsp3) is 0.361. The van der Waals surface area contributed by atoms with Crippen LogP contribution < -0.4 is 24.8 Å².